The Hall–Kier alpha value is -3.82. The fourth-order valence-corrected chi connectivity index (χ4v) is 2.52. The van der Waals surface area contributed by atoms with Crippen molar-refractivity contribution in [2.75, 3.05) is 6.61 Å². The van der Waals surface area contributed by atoms with Crippen molar-refractivity contribution in [2.24, 2.45) is 0 Å². The number of nitrogens with zero attached hydrogens (tertiary/aromatic N) is 5. The summed E-state index contributed by atoms with van der Waals surface area (Å²) in [6.07, 6.45) is 1.76. The van der Waals surface area contributed by atoms with Crippen molar-refractivity contribution >= 4 is 11.6 Å². The van der Waals surface area contributed by atoms with Gasteiger partial charge in [0.05, 0.1) is 6.54 Å². The van der Waals surface area contributed by atoms with Gasteiger partial charge in [0.1, 0.15) is 11.6 Å². The van der Waals surface area contributed by atoms with Crippen LogP contribution in [0.3, 0.4) is 0 Å². The number of hydrogen-bond acceptors (Lipinski definition) is 7. The predicted molar refractivity (Wildman–Crippen MR) is 94.8 cm³/mol. The van der Waals surface area contributed by atoms with E-state index in [1.54, 1.807) is 29.7 Å². The highest BCUT2D eigenvalue weighted by Crippen LogP contribution is 2.18. The number of halogens is 1. The van der Waals surface area contributed by atoms with E-state index in [2.05, 4.69) is 25.7 Å². The minimum atomic E-state index is -0.368. The zero-order valence-corrected chi connectivity index (χ0v) is 14.8. The molecule has 0 radical (unpaired) electrons. The fourth-order valence-electron chi connectivity index (χ4n) is 2.52. The molecule has 0 fully saturated rings. The molecule has 0 aliphatic rings. The van der Waals surface area contributed by atoms with Crippen molar-refractivity contribution < 1.29 is 18.4 Å². The number of ether oxygens (including phenoxy) is 1. The molecule has 0 bridgehead atoms. The van der Waals surface area contributed by atoms with Gasteiger partial charge in [-0.3, -0.25) is 9.20 Å². The lowest BCUT2D eigenvalue weighted by Gasteiger charge is -2.07. The second-order valence-electron chi connectivity index (χ2n) is 5.93. The number of pyridine rings is 1. The first-order chi connectivity index (χ1) is 13.6. The molecule has 1 N–H and O–H groups in total. The molecule has 0 aliphatic carbocycles. The number of rotatable bonds is 6. The maximum atomic E-state index is 12.9. The topological polar surface area (TPSA) is 107 Å². The monoisotopic (exact) mass is 382 g/mol. The van der Waals surface area contributed by atoms with Gasteiger partial charge in [-0.15, -0.1) is 10.2 Å². The zero-order chi connectivity index (χ0) is 19.5. The molecule has 3 heterocycles. The van der Waals surface area contributed by atoms with Crippen LogP contribution in [0.4, 0.5) is 4.39 Å². The van der Waals surface area contributed by atoms with E-state index >= 15 is 0 Å². The number of carbonyl (C=O) groups is 1. The molecule has 9 nitrogen and oxygen atoms in total. The van der Waals surface area contributed by atoms with E-state index in [-0.39, 0.29) is 24.9 Å². The van der Waals surface area contributed by atoms with Crippen LogP contribution in [0.15, 0.2) is 47.1 Å². The first-order valence-corrected chi connectivity index (χ1v) is 8.38. The highest BCUT2D eigenvalue weighted by atomic mass is 19.1. The average molecular weight is 382 g/mol. The fraction of sp³-hybridized carbons (Fsp3) is 0.167. The minimum Gasteiger partial charge on any atom is -0.484 e. The molecule has 1 amide bonds. The van der Waals surface area contributed by atoms with E-state index in [4.69, 9.17) is 9.26 Å². The van der Waals surface area contributed by atoms with Crippen LogP contribution in [0.5, 0.6) is 5.75 Å². The summed E-state index contributed by atoms with van der Waals surface area (Å²) in [5.74, 6) is 1.21. The third kappa shape index (κ3) is 3.80. The predicted octanol–water partition coefficient (Wildman–Crippen LogP) is 1.92. The average Bonchev–Trinajstić information content (AvgIpc) is 3.31. The van der Waals surface area contributed by atoms with Crippen molar-refractivity contribution in [3.8, 4) is 17.2 Å². The van der Waals surface area contributed by atoms with Crippen molar-refractivity contribution in [1.82, 2.24) is 30.1 Å². The number of aromatic nitrogens is 5. The van der Waals surface area contributed by atoms with Crippen LogP contribution < -0.4 is 10.1 Å². The summed E-state index contributed by atoms with van der Waals surface area (Å²) in [6, 6.07) is 9.00. The molecule has 0 spiro atoms. The van der Waals surface area contributed by atoms with E-state index in [0.29, 0.717) is 28.9 Å². The Morgan fingerprint density at radius 1 is 1.25 bits per heavy atom. The first kappa shape index (κ1) is 17.6. The highest BCUT2D eigenvalue weighted by Gasteiger charge is 2.12. The Kier molecular flexibility index (Phi) is 4.67. The lowest BCUT2D eigenvalue weighted by atomic mass is 10.2. The highest BCUT2D eigenvalue weighted by molar-refractivity contribution is 5.77. The van der Waals surface area contributed by atoms with Crippen LogP contribution in [0.1, 0.15) is 11.6 Å². The largest absolute Gasteiger partial charge is 0.484 e. The Morgan fingerprint density at radius 2 is 2.07 bits per heavy atom. The van der Waals surface area contributed by atoms with E-state index in [1.165, 1.54) is 24.3 Å². The number of amides is 1. The molecule has 28 heavy (non-hydrogen) atoms. The van der Waals surface area contributed by atoms with Crippen LogP contribution in [0.25, 0.3) is 17.1 Å². The molecule has 142 valence electrons. The normalized spacial score (nSPS) is 10.9. The van der Waals surface area contributed by atoms with Gasteiger partial charge in [-0.2, -0.15) is 4.98 Å². The summed E-state index contributed by atoms with van der Waals surface area (Å²) in [4.78, 5) is 16.1. The number of fused-ring (bicyclic) bond motifs is 1. The van der Waals surface area contributed by atoms with E-state index in [9.17, 15) is 9.18 Å². The summed E-state index contributed by atoms with van der Waals surface area (Å²) < 4.78 is 25.0. The zero-order valence-electron chi connectivity index (χ0n) is 14.8. The molecule has 4 rings (SSSR count). The van der Waals surface area contributed by atoms with Crippen molar-refractivity contribution in [1.29, 1.82) is 0 Å². The molecule has 0 saturated carbocycles. The Bertz CT molecular complexity index is 1120. The molecule has 3 aromatic heterocycles. The van der Waals surface area contributed by atoms with Gasteiger partial charge in [0.25, 0.3) is 11.8 Å². The maximum Gasteiger partial charge on any atom is 0.258 e. The Balaban J connectivity index is 1.38. The van der Waals surface area contributed by atoms with Crippen LogP contribution in [-0.4, -0.2) is 37.3 Å². The van der Waals surface area contributed by atoms with Crippen molar-refractivity contribution in [2.45, 2.75) is 13.5 Å². The summed E-state index contributed by atoms with van der Waals surface area (Å²) in [6.45, 7) is 1.72. The van der Waals surface area contributed by atoms with Crippen LogP contribution >= 0.6 is 0 Å². The third-order valence-corrected chi connectivity index (χ3v) is 3.88. The molecule has 0 aliphatic heterocycles. The summed E-state index contributed by atoms with van der Waals surface area (Å²) in [5.41, 5.74) is 1.31. The molecule has 0 saturated heterocycles. The van der Waals surface area contributed by atoms with E-state index in [0.717, 1.165) is 5.56 Å². The van der Waals surface area contributed by atoms with Gasteiger partial charge in [-0.05, 0) is 43.3 Å². The summed E-state index contributed by atoms with van der Waals surface area (Å²) in [5, 5.41) is 14.7. The number of benzene rings is 1. The van der Waals surface area contributed by atoms with Crippen LogP contribution in [0, 0.1) is 12.7 Å². The molecular weight excluding hydrogens is 367 g/mol. The quantitative estimate of drug-likeness (QED) is 0.543. The third-order valence-electron chi connectivity index (χ3n) is 3.88. The van der Waals surface area contributed by atoms with Gasteiger partial charge in [-0.25, -0.2) is 4.39 Å². The van der Waals surface area contributed by atoms with Gasteiger partial charge in [-0.1, -0.05) is 5.16 Å². The Labute approximate surface area is 158 Å². The molecule has 0 atom stereocenters. The van der Waals surface area contributed by atoms with E-state index in [1.807, 2.05) is 0 Å². The van der Waals surface area contributed by atoms with Gasteiger partial charge in [0.2, 0.25) is 0 Å². The SMILES string of the molecule is Cc1noc(-c2ccn3c(CNC(=O)COc4ccc(F)cc4)nnc3c2)n1. The van der Waals surface area contributed by atoms with Crippen molar-refractivity contribution in [3.05, 3.63) is 60.1 Å². The standard InChI is InChI=1S/C18H15FN6O3/c1-11-21-18(28-24-11)12-6-7-25-15(8-12)22-23-16(25)9-20-17(26)10-27-14-4-2-13(19)3-5-14/h2-8H,9-10H2,1H3,(H,20,26). The second kappa shape index (κ2) is 7.43. The maximum absolute atomic E-state index is 12.9. The summed E-state index contributed by atoms with van der Waals surface area (Å²) >= 11 is 0. The smallest absolute Gasteiger partial charge is 0.258 e. The van der Waals surface area contributed by atoms with Gasteiger partial charge in [0, 0.05) is 11.8 Å². The van der Waals surface area contributed by atoms with Gasteiger partial charge >= 0.3 is 0 Å². The molecule has 1 aromatic carbocycles. The van der Waals surface area contributed by atoms with Crippen molar-refractivity contribution in [3.63, 3.8) is 0 Å². The lowest BCUT2D eigenvalue weighted by molar-refractivity contribution is -0.123. The first-order valence-electron chi connectivity index (χ1n) is 8.38. The molecule has 4 aromatic rings. The van der Waals surface area contributed by atoms with E-state index < -0.39 is 0 Å². The van der Waals surface area contributed by atoms with Gasteiger partial charge in [0.15, 0.2) is 23.9 Å². The van der Waals surface area contributed by atoms with Crippen LogP contribution in [-0.2, 0) is 11.3 Å². The number of hydrogen-bond donors (Lipinski definition) is 1. The van der Waals surface area contributed by atoms with Gasteiger partial charge < -0.3 is 14.6 Å². The minimum absolute atomic E-state index is 0.172. The molecule has 0 unspecified atom stereocenters. The Morgan fingerprint density at radius 3 is 2.82 bits per heavy atom. The summed E-state index contributed by atoms with van der Waals surface area (Å²) in [7, 11) is 0. The lowest BCUT2D eigenvalue weighted by Crippen LogP contribution is -2.29. The van der Waals surface area contributed by atoms with Crippen LogP contribution in [0.2, 0.25) is 0 Å². The number of nitrogens with one attached hydrogen (secondary N) is 1. The second-order valence-corrected chi connectivity index (χ2v) is 5.93. The molecule has 10 heteroatoms. The number of carbonyl (C=O) groups excluding carboxylic acids is 1. The molecular formula is C18H15FN6O3. The number of aryl methyl sites for hydroxylation is 1.